The van der Waals surface area contributed by atoms with Crippen molar-refractivity contribution in [1.82, 2.24) is 5.32 Å². The third kappa shape index (κ3) is 2.11. The minimum Gasteiger partial charge on any atom is -0.487 e. The summed E-state index contributed by atoms with van der Waals surface area (Å²) < 4.78 is 7.53. The van der Waals surface area contributed by atoms with Gasteiger partial charge in [-0.25, -0.2) is 0 Å². The molecule has 0 amide bonds. The summed E-state index contributed by atoms with van der Waals surface area (Å²) >= 11 is 3.60. The van der Waals surface area contributed by atoms with Crippen molar-refractivity contribution in [1.29, 1.82) is 0 Å². The van der Waals surface area contributed by atoms with Crippen molar-refractivity contribution < 1.29 is 4.74 Å². The first-order chi connectivity index (χ1) is 8.19. The van der Waals surface area contributed by atoms with Gasteiger partial charge in [0, 0.05) is 4.47 Å². The van der Waals surface area contributed by atoms with Crippen LogP contribution in [0.25, 0.3) is 0 Å². The first-order valence-electron chi connectivity index (χ1n) is 6.37. The Bertz CT molecular complexity index is 438. The van der Waals surface area contributed by atoms with Gasteiger partial charge in [-0.15, -0.1) is 0 Å². The van der Waals surface area contributed by atoms with Crippen LogP contribution < -0.4 is 10.1 Å². The number of aryl methyl sites for hydroxylation is 2. The van der Waals surface area contributed by atoms with Gasteiger partial charge in [0.25, 0.3) is 0 Å². The highest BCUT2D eigenvalue weighted by Crippen LogP contribution is 2.40. The molecule has 3 rings (SSSR count). The first-order valence-corrected chi connectivity index (χ1v) is 7.17. The lowest BCUT2D eigenvalue weighted by Gasteiger charge is -2.41. The van der Waals surface area contributed by atoms with E-state index in [9.17, 15) is 0 Å². The maximum atomic E-state index is 6.34. The molecule has 3 heteroatoms. The second-order valence-electron chi connectivity index (χ2n) is 5.24. The van der Waals surface area contributed by atoms with Gasteiger partial charge in [0.1, 0.15) is 11.4 Å². The number of hydrogen-bond acceptors (Lipinski definition) is 2. The van der Waals surface area contributed by atoms with Crippen LogP contribution in [0.3, 0.4) is 0 Å². The Morgan fingerprint density at radius 1 is 1.24 bits per heavy atom. The summed E-state index contributed by atoms with van der Waals surface area (Å²) in [4.78, 5) is 0. The van der Waals surface area contributed by atoms with E-state index in [-0.39, 0.29) is 5.60 Å². The Morgan fingerprint density at radius 2 is 2.00 bits per heavy atom. The predicted molar refractivity (Wildman–Crippen MR) is 72.7 cm³/mol. The Morgan fingerprint density at radius 3 is 2.76 bits per heavy atom. The predicted octanol–water partition coefficient (Wildman–Crippen LogP) is 3.20. The molecule has 1 fully saturated rings. The van der Waals surface area contributed by atoms with E-state index < -0.39 is 0 Å². The SMILES string of the molecule is Cc1cc2c(cc1Br)CCC1(CCNCC1)O2. The summed E-state index contributed by atoms with van der Waals surface area (Å²) in [5.41, 5.74) is 2.72. The van der Waals surface area contributed by atoms with E-state index in [1.165, 1.54) is 15.6 Å². The van der Waals surface area contributed by atoms with Crippen LogP contribution in [0.4, 0.5) is 0 Å². The zero-order chi connectivity index (χ0) is 11.9. The normalized spacial score (nSPS) is 22.0. The highest BCUT2D eigenvalue weighted by Gasteiger charge is 2.37. The molecule has 0 bridgehead atoms. The van der Waals surface area contributed by atoms with Crippen LogP contribution >= 0.6 is 15.9 Å². The number of benzene rings is 1. The molecule has 2 aliphatic rings. The molecule has 0 atom stereocenters. The molecule has 0 unspecified atom stereocenters. The average molecular weight is 296 g/mol. The number of piperidine rings is 1. The molecule has 92 valence electrons. The first kappa shape index (κ1) is 11.5. The van der Waals surface area contributed by atoms with Gasteiger partial charge in [0.05, 0.1) is 0 Å². The Hall–Kier alpha value is -0.540. The Labute approximate surface area is 111 Å². The fourth-order valence-corrected chi connectivity index (χ4v) is 3.26. The zero-order valence-electron chi connectivity index (χ0n) is 10.2. The molecular formula is C14H18BrNO. The number of fused-ring (bicyclic) bond motifs is 1. The summed E-state index contributed by atoms with van der Waals surface area (Å²) in [5.74, 6) is 1.11. The molecule has 2 aliphatic heterocycles. The molecule has 0 aromatic heterocycles. The van der Waals surface area contributed by atoms with Gasteiger partial charge in [0.2, 0.25) is 0 Å². The molecule has 1 aromatic rings. The van der Waals surface area contributed by atoms with Crippen molar-refractivity contribution in [3.05, 3.63) is 27.7 Å². The van der Waals surface area contributed by atoms with E-state index in [4.69, 9.17) is 4.74 Å². The van der Waals surface area contributed by atoms with Gasteiger partial charge in [-0.1, -0.05) is 15.9 Å². The second-order valence-corrected chi connectivity index (χ2v) is 6.10. The van der Waals surface area contributed by atoms with Crippen molar-refractivity contribution in [2.24, 2.45) is 0 Å². The molecule has 1 spiro atoms. The van der Waals surface area contributed by atoms with E-state index >= 15 is 0 Å². The molecule has 1 N–H and O–H groups in total. The van der Waals surface area contributed by atoms with Crippen LogP contribution in [0, 0.1) is 6.92 Å². The van der Waals surface area contributed by atoms with Crippen LogP contribution in [-0.4, -0.2) is 18.7 Å². The molecule has 0 radical (unpaired) electrons. The van der Waals surface area contributed by atoms with E-state index in [0.29, 0.717) is 0 Å². The Kier molecular flexibility index (Phi) is 2.91. The summed E-state index contributed by atoms with van der Waals surface area (Å²) in [5, 5.41) is 3.41. The molecule has 0 saturated carbocycles. The number of halogens is 1. The number of nitrogens with one attached hydrogen (secondary N) is 1. The quantitative estimate of drug-likeness (QED) is 0.794. The van der Waals surface area contributed by atoms with E-state index in [0.717, 1.165) is 44.5 Å². The van der Waals surface area contributed by atoms with Crippen molar-refractivity contribution in [3.63, 3.8) is 0 Å². The van der Waals surface area contributed by atoms with Crippen LogP contribution in [0.1, 0.15) is 30.4 Å². The van der Waals surface area contributed by atoms with Crippen LogP contribution in [0.15, 0.2) is 16.6 Å². The van der Waals surface area contributed by atoms with Crippen LogP contribution in [-0.2, 0) is 6.42 Å². The largest absolute Gasteiger partial charge is 0.487 e. The van der Waals surface area contributed by atoms with Gasteiger partial charge in [-0.2, -0.15) is 0 Å². The minimum absolute atomic E-state index is 0.110. The minimum atomic E-state index is 0.110. The number of rotatable bonds is 0. The number of ether oxygens (including phenoxy) is 1. The molecular weight excluding hydrogens is 278 g/mol. The molecule has 1 saturated heterocycles. The third-order valence-electron chi connectivity index (χ3n) is 4.03. The topological polar surface area (TPSA) is 21.3 Å². The van der Waals surface area contributed by atoms with Crippen LogP contribution in [0.5, 0.6) is 5.75 Å². The Balaban J connectivity index is 1.91. The van der Waals surface area contributed by atoms with E-state index in [1.807, 2.05) is 0 Å². The van der Waals surface area contributed by atoms with Gasteiger partial charge in [0.15, 0.2) is 0 Å². The fourth-order valence-electron chi connectivity index (χ4n) is 2.87. The van der Waals surface area contributed by atoms with Crippen molar-refractivity contribution in [2.75, 3.05) is 13.1 Å². The van der Waals surface area contributed by atoms with Gasteiger partial charge in [-0.05, 0) is 69.0 Å². The standard InChI is InChI=1S/C14H18BrNO/c1-10-8-13-11(9-12(10)15)2-3-14(17-13)4-6-16-7-5-14/h8-9,16H,2-7H2,1H3. The van der Waals surface area contributed by atoms with Crippen molar-refractivity contribution in [3.8, 4) is 5.75 Å². The van der Waals surface area contributed by atoms with Gasteiger partial charge in [-0.3, -0.25) is 0 Å². The van der Waals surface area contributed by atoms with Gasteiger partial charge < -0.3 is 10.1 Å². The zero-order valence-corrected chi connectivity index (χ0v) is 11.8. The molecule has 2 nitrogen and oxygen atoms in total. The smallest absolute Gasteiger partial charge is 0.123 e. The second kappa shape index (κ2) is 4.29. The van der Waals surface area contributed by atoms with Crippen LogP contribution in [0.2, 0.25) is 0 Å². The highest BCUT2D eigenvalue weighted by atomic mass is 79.9. The monoisotopic (exact) mass is 295 g/mol. The summed E-state index contributed by atoms with van der Waals surface area (Å²) in [6, 6.07) is 4.40. The van der Waals surface area contributed by atoms with E-state index in [1.54, 1.807) is 0 Å². The summed E-state index contributed by atoms with van der Waals surface area (Å²) in [6.07, 6.45) is 4.59. The number of hydrogen-bond donors (Lipinski definition) is 1. The molecule has 0 aliphatic carbocycles. The lowest BCUT2D eigenvalue weighted by molar-refractivity contribution is 0.0169. The summed E-state index contributed by atoms with van der Waals surface area (Å²) in [7, 11) is 0. The molecule has 1 aromatic carbocycles. The maximum Gasteiger partial charge on any atom is 0.123 e. The molecule has 2 heterocycles. The molecule has 17 heavy (non-hydrogen) atoms. The fraction of sp³-hybridized carbons (Fsp3) is 0.571. The van der Waals surface area contributed by atoms with Crippen molar-refractivity contribution in [2.45, 2.75) is 38.2 Å². The lowest BCUT2D eigenvalue weighted by Crippen LogP contribution is -2.48. The van der Waals surface area contributed by atoms with E-state index in [2.05, 4.69) is 40.3 Å². The van der Waals surface area contributed by atoms with Gasteiger partial charge >= 0.3 is 0 Å². The summed E-state index contributed by atoms with van der Waals surface area (Å²) in [6.45, 7) is 4.30. The third-order valence-corrected chi connectivity index (χ3v) is 4.89. The lowest BCUT2D eigenvalue weighted by atomic mass is 9.83. The average Bonchev–Trinajstić information content (AvgIpc) is 2.33. The highest BCUT2D eigenvalue weighted by molar-refractivity contribution is 9.10. The maximum absolute atomic E-state index is 6.34. The van der Waals surface area contributed by atoms with Crippen molar-refractivity contribution >= 4 is 15.9 Å².